The van der Waals surface area contributed by atoms with E-state index < -0.39 is 5.97 Å². The van der Waals surface area contributed by atoms with Crippen molar-refractivity contribution in [3.8, 4) is 11.5 Å². The number of aliphatic carboxylic acids is 1. The Labute approximate surface area is 147 Å². The Balaban J connectivity index is 2.08. The average molecular weight is 342 g/mol. The van der Waals surface area contributed by atoms with Gasteiger partial charge in [0.2, 0.25) is 5.69 Å². The van der Waals surface area contributed by atoms with E-state index in [1.54, 1.807) is 12.1 Å². The quantitative estimate of drug-likeness (QED) is 0.540. The van der Waals surface area contributed by atoms with Gasteiger partial charge in [0.1, 0.15) is 6.54 Å². The maximum absolute atomic E-state index is 10.6. The number of carboxylic acid groups (broad SMARTS) is 1. The first-order valence-electron chi connectivity index (χ1n) is 8.44. The number of phenols is 1. The third-order valence-corrected chi connectivity index (χ3v) is 3.75. The number of unbranched alkanes of at least 4 members (excludes halogenated alkanes) is 1. The number of hydrogen-bond acceptors (Lipinski definition) is 3. The number of rotatable bonds is 9. The van der Waals surface area contributed by atoms with Crippen LogP contribution in [-0.2, 0) is 11.3 Å². The monoisotopic (exact) mass is 342 g/mol. The number of carboxylic acids is 1. The molecule has 0 aliphatic carbocycles. The van der Waals surface area contributed by atoms with Crippen LogP contribution in [0.5, 0.6) is 11.5 Å². The van der Waals surface area contributed by atoms with Gasteiger partial charge in [-0.2, -0.15) is 4.57 Å². The number of aryl methyl sites for hydroxylation is 1. The lowest BCUT2D eigenvalue weighted by Gasteiger charge is -2.06. The number of aromatic nitrogens is 1. The Morgan fingerprint density at radius 1 is 1.20 bits per heavy atom. The third kappa shape index (κ3) is 5.95. The van der Waals surface area contributed by atoms with Gasteiger partial charge >= 0.3 is 5.97 Å². The molecule has 0 fully saturated rings. The molecule has 0 saturated heterocycles. The topological polar surface area (TPSA) is 70.6 Å². The van der Waals surface area contributed by atoms with Crippen LogP contribution in [0.2, 0.25) is 0 Å². The minimum absolute atomic E-state index is 0.132. The molecule has 0 bridgehead atoms. The highest BCUT2D eigenvalue weighted by atomic mass is 16.5. The van der Waals surface area contributed by atoms with Crippen LogP contribution < -0.4 is 9.30 Å². The fourth-order valence-corrected chi connectivity index (χ4v) is 2.49. The second-order valence-corrected chi connectivity index (χ2v) is 5.66. The van der Waals surface area contributed by atoms with Gasteiger partial charge in [-0.1, -0.05) is 6.07 Å². The molecule has 0 aliphatic rings. The molecule has 0 spiro atoms. The summed E-state index contributed by atoms with van der Waals surface area (Å²) in [5, 5.41) is 18.5. The maximum Gasteiger partial charge on any atom is 0.303 e. The number of phenolic OH excluding ortho intramolecular Hbond substituents is 1. The van der Waals surface area contributed by atoms with Crippen LogP contribution in [0.25, 0.3) is 12.2 Å². The molecular formula is C20H24NO4+. The fourth-order valence-electron chi connectivity index (χ4n) is 2.49. The Bertz CT molecular complexity index is 740. The summed E-state index contributed by atoms with van der Waals surface area (Å²) in [4.78, 5) is 10.6. The van der Waals surface area contributed by atoms with Gasteiger partial charge in [-0.05, 0) is 43.2 Å². The molecule has 1 aromatic heterocycles. The van der Waals surface area contributed by atoms with Crippen LogP contribution in [-0.4, -0.2) is 22.8 Å². The van der Waals surface area contributed by atoms with Crippen molar-refractivity contribution in [3.63, 3.8) is 0 Å². The van der Waals surface area contributed by atoms with Gasteiger partial charge in [0.05, 0.1) is 6.61 Å². The van der Waals surface area contributed by atoms with Gasteiger partial charge in [0.25, 0.3) is 0 Å². The molecule has 0 aliphatic heterocycles. The first-order chi connectivity index (χ1) is 12.1. The largest absolute Gasteiger partial charge is 0.504 e. The molecule has 0 radical (unpaired) electrons. The van der Waals surface area contributed by atoms with Gasteiger partial charge < -0.3 is 14.9 Å². The van der Waals surface area contributed by atoms with Crippen molar-refractivity contribution in [2.45, 2.75) is 32.7 Å². The fraction of sp³-hybridized carbons (Fsp3) is 0.300. The lowest BCUT2D eigenvalue weighted by molar-refractivity contribution is -0.699. The lowest BCUT2D eigenvalue weighted by Crippen LogP contribution is -2.36. The van der Waals surface area contributed by atoms with E-state index in [-0.39, 0.29) is 12.2 Å². The highest BCUT2D eigenvalue weighted by Crippen LogP contribution is 2.27. The molecular weight excluding hydrogens is 318 g/mol. The Morgan fingerprint density at radius 2 is 2.04 bits per heavy atom. The minimum Gasteiger partial charge on any atom is -0.504 e. The smallest absolute Gasteiger partial charge is 0.303 e. The standard InChI is InChI=1S/C20H23NO4/c1-2-25-19-15-16(10-12-18(19)22)9-11-17-7-3-5-13-21(17)14-6-4-8-20(23)24/h3,5,7,9-13,15H,2,4,6,8,14H2,1H3,(H,23,24)/p+1. The van der Waals surface area contributed by atoms with E-state index in [0.29, 0.717) is 18.8 Å². The molecule has 2 rings (SSSR count). The van der Waals surface area contributed by atoms with Crippen molar-refractivity contribution in [1.82, 2.24) is 0 Å². The van der Waals surface area contributed by atoms with Gasteiger partial charge in [-0.25, -0.2) is 0 Å². The summed E-state index contributed by atoms with van der Waals surface area (Å²) in [6.07, 6.45) is 7.63. The number of hydrogen-bond donors (Lipinski definition) is 2. The first kappa shape index (κ1) is 18.5. The summed E-state index contributed by atoms with van der Waals surface area (Å²) in [6, 6.07) is 11.2. The van der Waals surface area contributed by atoms with Gasteiger partial charge in [-0.3, -0.25) is 4.79 Å². The molecule has 0 atom stereocenters. The predicted molar refractivity (Wildman–Crippen MR) is 96.3 cm³/mol. The van der Waals surface area contributed by atoms with E-state index in [0.717, 1.165) is 24.2 Å². The molecule has 0 amide bonds. The van der Waals surface area contributed by atoms with Crippen molar-refractivity contribution in [1.29, 1.82) is 0 Å². The number of pyridine rings is 1. The normalized spacial score (nSPS) is 10.9. The second-order valence-electron chi connectivity index (χ2n) is 5.66. The van der Waals surface area contributed by atoms with E-state index in [1.165, 1.54) is 0 Å². The van der Waals surface area contributed by atoms with Crippen LogP contribution in [0, 0.1) is 0 Å². The zero-order valence-corrected chi connectivity index (χ0v) is 14.4. The van der Waals surface area contributed by atoms with Gasteiger partial charge in [0.15, 0.2) is 17.7 Å². The molecule has 1 aromatic carbocycles. The van der Waals surface area contributed by atoms with Crippen LogP contribution >= 0.6 is 0 Å². The molecule has 2 N–H and O–H groups in total. The highest BCUT2D eigenvalue weighted by Gasteiger charge is 2.07. The zero-order chi connectivity index (χ0) is 18.1. The van der Waals surface area contributed by atoms with E-state index in [2.05, 4.69) is 4.57 Å². The van der Waals surface area contributed by atoms with E-state index in [1.807, 2.05) is 49.5 Å². The summed E-state index contributed by atoms with van der Waals surface area (Å²) in [5.41, 5.74) is 1.96. The maximum atomic E-state index is 10.6. The second kappa shape index (κ2) is 9.47. The molecule has 132 valence electrons. The molecule has 2 aromatic rings. The van der Waals surface area contributed by atoms with Crippen molar-refractivity contribution >= 4 is 18.1 Å². The molecule has 0 saturated carbocycles. The number of benzene rings is 1. The van der Waals surface area contributed by atoms with Crippen LogP contribution in [0.3, 0.4) is 0 Å². The minimum atomic E-state index is -0.754. The molecule has 1 heterocycles. The summed E-state index contributed by atoms with van der Waals surface area (Å²) < 4.78 is 7.50. The van der Waals surface area contributed by atoms with Crippen LogP contribution in [0.15, 0.2) is 42.6 Å². The SMILES string of the molecule is CCOc1cc(/C=C/c2cccc[n+]2CCCCC(=O)O)ccc1O. The van der Waals surface area contributed by atoms with E-state index in [9.17, 15) is 9.90 Å². The van der Waals surface area contributed by atoms with Crippen molar-refractivity contribution in [3.05, 3.63) is 53.9 Å². The van der Waals surface area contributed by atoms with Crippen molar-refractivity contribution < 1.29 is 24.3 Å². The van der Waals surface area contributed by atoms with Gasteiger partial charge in [-0.15, -0.1) is 0 Å². The lowest BCUT2D eigenvalue weighted by atomic mass is 10.1. The summed E-state index contributed by atoms with van der Waals surface area (Å²) in [7, 11) is 0. The van der Waals surface area contributed by atoms with E-state index in [4.69, 9.17) is 9.84 Å². The zero-order valence-electron chi connectivity index (χ0n) is 14.4. The number of nitrogens with zero attached hydrogens (tertiary/aromatic N) is 1. The van der Waals surface area contributed by atoms with Crippen LogP contribution in [0.4, 0.5) is 0 Å². The highest BCUT2D eigenvalue weighted by molar-refractivity contribution is 5.68. The Morgan fingerprint density at radius 3 is 2.80 bits per heavy atom. The third-order valence-electron chi connectivity index (χ3n) is 3.75. The Hall–Kier alpha value is -2.82. The van der Waals surface area contributed by atoms with E-state index >= 15 is 0 Å². The summed E-state index contributed by atoms with van der Waals surface area (Å²) >= 11 is 0. The first-order valence-corrected chi connectivity index (χ1v) is 8.44. The number of ether oxygens (including phenoxy) is 1. The number of carbonyl (C=O) groups is 1. The molecule has 5 nitrogen and oxygen atoms in total. The molecule has 5 heteroatoms. The van der Waals surface area contributed by atoms with Crippen molar-refractivity contribution in [2.75, 3.05) is 6.61 Å². The van der Waals surface area contributed by atoms with Gasteiger partial charge in [0, 0.05) is 31.1 Å². The Kier molecular flexibility index (Phi) is 7.01. The number of aromatic hydroxyl groups is 1. The summed E-state index contributed by atoms with van der Waals surface area (Å²) in [6.45, 7) is 3.14. The molecule has 0 unspecified atom stereocenters. The average Bonchev–Trinajstić information content (AvgIpc) is 2.60. The summed E-state index contributed by atoms with van der Waals surface area (Å²) in [5.74, 6) is -0.151. The van der Waals surface area contributed by atoms with Crippen LogP contribution in [0.1, 0.15) is 37.4 Å². The predicted octanol–water partition coefficient (Wildman–Crippen LogP) is 3.50. The molecule has 25 heavy (non-hydrogen) atoms. The van der Waals surface area contributed by atoms with Crippen molar-refractivity contribution in [2.24, 2.45) is 0 Å².